The monoisotopic (exact) mass is 640 g/mol. The summed E-state index contributed by atoms with van der Waals surface area (Å²) in [6.45, 7) is 10.4. The van der Waals surface area contributed by atoms with Crippen LogP contribution in [0.4, 0.5) is 10.5 Å². The molecule has 5 rings (SSSR count). The van der Waals surface area contributed by atoms with Crippen molar-refractivity contribution in [3.8, 4) is 0 Å². The summed E-state index contributed by atoms with van der Waals surface area (Å²) in [5, 5.41) is 10.9. The Hall–Kier alpha value is -2.32. The second-order valence-corrected chi connectivity index (χ2v) is 18.8. The van der Waals surface area contributed by atoms with E-state index in [1.165, 1.54) is 0 Å². The van der Waals surface area contributed by atoms with Gasteiger partial charge in [0.15, 0.2) is 8.32 Å². The van der Waals surface area contributed by atoms with E-state index in [9.17, 15) is 23.3 Å². The predicted molar refractivity (Wildman–Crippen MR) is 151 cm³/mol. The van der Waals surface area contributed by atoms with Crippen LogP contribution < -0.4 is 0 Å². The summed E-state index contributed by atoms with van der Waals surface area (Å²) in [7, 11) is -6.46. The number of hydrogen-bond donors (Lipinski definition) is 0. The molecule has 3 fully saturated rings. The summed E-state index contributed by atoms with van der Waals surface area (Å²) in [6.07, 6.45) is -0.867. The second kappa shape index (κ2) is 10.9. The smallest absolute Gasteiger partial charge is 0.410 e. The molecular formula is C26H33BrN2O8SSi. The first-order valence-electron chi connectivity index (χ1n) is 12.6. The number of halogens is 1. The number of fused-ring (bicyclic) bond motifs is 1. The van der Waals surface area contributed by atoms with E-state index >= 15 is 0 Å². The van der Waals surface area contributed by atoms with Crippen molar-refractivity contribution in [1.82, 2.24) is 4.90 Å². The molecule has 1 amide bonds. The van der Waals surface area contributed by atoms with Crippen molar-refractivity contribution in [3.05, 3.63) is 70.3 Å². The molecule has 10 nitrogen and oxygen atoms in total. The molecule has 2 saturated heterocycles. The minimum Gasteiger partial charge on any atom is -0.445 e. The van der Waals surface area contributed by atoms with Crippen molar-refractivity contribution >= 4 is 46.1 Å². The fourth-order valence-corrected chi connectivity index (χ4v) is 8.15. The highest BCUT2D eigenvalue weighted by atomic mass is 79.9. The summed E-state index contributed by atoms with van der Waals surface area (Å²) in [5.74, 6) is -0.208. The molecule has 212 valence electrons. The highest BCUT2D eigenvalue weighted by Gasteiger charge is 2.68. The Morgan fingerprint density at radius 1 is 1.10 bits per heavy atom. The maximum Gasteiger partial charge on any atom is 0.410 e. The topological polar surface area (TPSA) is 125 Å². The van der Waals surface area contributed by atoms with Crippen LogP contribution in [0.5, 0.6) is 0 Å². The Bertz CT molecular complexity index is 1320. The van der Waals surface area contributed by atoms with Gasteiger partial charge in [0, 0.05) is 22.9 Å². The van der Waals surface area contributed by atoms with Gasteiger partial charge in [0.2, 0.25) is 0 Å². The number of carbonyl (C=O) groups excluding carboxylic acids is 1. The van der Waals surface area contributed by atoms with Crippen LogP contribution in [-0.4, -0.2) is 62.3 Å². The largest absolute Gasteiger partial charge is 0.445 e. The Morgan fingerprint density at radius 3 is 2.28 bits per heavy atom. The Labute approximate surface area is 238 Å². The lowest BCUT2D eigenvalue weighted by Crippen LogP contribution is -2.60. The summed E-state index contributed by atoms with van der Waals surface area (Å²) >= 11 is 3.70. The lowest BCUT2D eigenvalue weighted by molar-refractivity contribution is -0.384. The molecule has 3 aliphatic rings. The van der Waals surface area contributed by atoms with E-state index in [0.29, 0.717) is 0 Å². The Kier molecular flexibility index (Phi) is 8.30. The van der Waals surface area contributed by atoms with E-state index in [1.54, 1.807) is 4.90 Å². The number of non-ortho nitro benzene ring substituents is 1. The van der Waals surface area contributed by atoms with E-state index in [-0.39, 0.29) is 51.7 Å². The number of nitro groups is 1. The molecule has 13 heteroatoms. The minimum atomic E-state index is -4.24. The van der Waals surface area contributed by atoms with E-state index < -0.39 is 35.5 Å². The normalized spacial score (nSPS) is 24.8. The maximum atomic E-state index is 13.4. The Morgan fingerprint density at radius 2 is 1.72 bits per heavy atom. The molecule has 0 unspecified atom stereocenters. The summed E-state index contributed by atoms with van der Waals surface area (Å²) < 4.78 is 43.6. The van der Waals surface area contributed by atoms with Crippen molar-refractivity contribution in [2.24, 2.45) is 5.92 Å². The molecule has 2 aromatic carbocycles. The quantitative estimate of drug-likeness (QED) is 0.116. The molecule has 2 heterocycles. The zero-order chi connectivity index (χ0) is 28.8. The third-order valence-electron chi connectivity index (χ3n) is 7.92. The number of ether oxygens (including phenoxy) is 1. The standard InChI is InChI=1S/C26H33BrN2O8SSi/c1-26(2,3)39(4,5)37-24-21-20(16-36-38(33,34)19-13-11-18(12-14-19)29(31)32)28(23(24)22(21)27)25(30)35-15-17-9-7-6-8-10-17/h6-14,20-24H,15-16H2,1-5H3/t20-,21-,22-,23+,24+/m0/s1. The van der Waals surface area contributed by atoms with Gasteiger partial charge in [0.25, 0.3) is 15.8 Å². The number of hydrogen-bond acceptors (Lipinski definition) is 8. The van der Waals surface area contributed by atoms with Crippen molar-refractivity contribution in [2.75, 3.05) is 6.61 Å². The zero-order valence-electron chi connectivity index (χ0n) is 22.4. The highest BCUT2D eigenvalue weighted by Crippen LogP contribution is 2.54. The number of alkyl halides is 1. The molecule has 0 radical (unpaired) electrons. The zero-order valence-corrected chi connectivity index (χ0v) is 25.8. The van der Waals surface area contributed by atoms with Gasteiger partial charge in [-0.05, 0) is 35.8 Å². The van der Waals surface area contributed by atoms with Crippen LogP contribution in [0.15, 0.2) is 59.5 Å². The average molecular weight is 642 g/mol. The summed E-state index contributed by atoms with van der Waals surface area (Å²) in [5.41, 5.74) is 0.598. The van der Waals surface area contributed by atoms with Crippen molar-refractivity contribution in [2.45, 2.75) is 73.4 Å². The fourth-order valence-electron chi connectivity index (χ4n) is 4.69. The molecule has 1 saturated carbocycles. The van der Waals surface area contributed by atoms with Crippen LogP contribution in [0, 0.1) is 16.0 Å². The summed E-state index contributed by atoms with van der Waals surface area (Å²) in [4.78, 5) is 24.9. The van der Waals surface area contributed by atoms with Crippen LogP contribution in [0.2, 0.25) is 18.1 Å². The van der Waals surface area contributed by atoms with Gasteiger partial charge in [-0.3, -0.25) is 19.2 Å². The molecule has 2 aliphatic heterocycles. The number of carbonyl (C=O) groups is 1. The third kappa shape index (κ3) is 5.92. The first kappa shape index (κ1) is 29.7. The van der Waals surface area contributed by atoms with Crippen molar-refractivity contribution in [3.63, 3.8) is 0 Å². The molecule has 2 aromatic rings. The molecule has 1 aliphatic carbocycles. The maximum absolute atomic E-state index is 13.4. The Balaban J connectivity index is 1.55. The number of benzene rings is 2. The number of nitrogens with zero attached hydrogens (tertiary/aromatic N) is 2. The number of amides is 1. The van der Waals surface area contributed by atoms with Crippen LogP contribution in [0.1, 0.15) is 26.3 Å². The molecule has 0 spiro atoms. The SMILES string of the molecule is CC(C)(C)[Si](C)(C)O[C@@H]1[C@@H]2[C@H](Br)[C@H]1N(C(=O)OCc1ccccc1)[C@H]2COS(=O)(=O)c1ccc([N+](=O)[O-])cc1. The molecule has 2 bridgehead atoms. The lowest BCUT2D eigenvalue weighted by atomic mass is 9.79. The van der Waals surface area contributed by atoms with Gasteiger partial charge in [-0.1, -0.05) is 67.0 Å². The molecule has 0 aromatic heterocycles. The van der Waals surface area contributed by atoms with Gasteiger partial charge in [-0.15, -0.1) is 0 Å². The lowest BCUT2D eigenvalue weighted by Gasteiger charge is -2.48. The average Bonchev–Trinajstić information content (AvgIpc) is 3.36. The van der Waals surface area contributed by atoms with Gasteiger partial charge in [-0.25, -0.2) is 4.79 Å². The fraction of sp³-hybridized carbons (Fsp3) is 0.500. The van der Waals surface area contributed by atoms with Crippen LogP contribution in [0.3, 0.4) is 0 Å². The van der Waals surface area contributed by atoms with E-state index in [2.05, 4.69) is 49.8 Å². The first-order chi connectivity index (χ1) is 18.1. The third-order valence-corrected chi connectivity index (χ3v) is 14.8. The van der Waals surface area contributed by atoms with Crippen LogP contribution in [-0.2, 0) is 30.1 Å². The minimum absolute atomic E-state index is 0.0618. The van der Waals surface area contributed by atoms with Gasteiger partial charge < -0.3 is 9.16 Å². The van der Waals surface area contributed by atoms with Gasteiger partial charge >= 0.3 is 6.09 Å². The van der Waals surface area contributed by atoms with Crippen molar-refractivity contribution < 1.29 is 31.5 Å². The summed E-state index contributed by atoms with van der Waals surface area (Å²) in [6, 6.07) is 12.8. The molecule has 39 heavy (non-hydrogen) atoms. The highest BCUT2D eigenvalue weighted by molar-refractivity contribution is 9.09. The van der Waals surface area contributed by atoms with E-state index in [1.807, 2.05) is 30.3 Å². The van der Waals surface area contributed by atoms with Gasteiger partial charge in [0.05, 0.1) is 34.6 Å². The van der Waals surface area contributed by atoms with E-state index in [0.717, 1.165) is 29.8 Å². The predicted octanol–water partition coefficient (Wildman–Crippen LogP) is 5.47. The van der Waals surface area contributed by atoms with Gasteiger partial charge in [0.1, 0.15) is 6.61 Å². The molecule has 0 N–H and O–H groups in total. The molecule has 5 atom stereocenters. The van der Waals surface area contributed by atoms with E-state index in [4.69, 9.17) is 13.3 Å². The van der Waals surface area contributed by atoms with Gasteiger partial charge in [-0.2, -0.15) is 8.42 Å². The molecular weight excluding hydrogens is 608 g/mol. The number of rotatable bonds is 9. The first-order valence-corrected chi connectivity index (χ1v) is 17.8. The second-order valence-electron chi connectivity index (χ2n) is 11.4. The van der Waals surface area contributed by atoms with Crippen molar-refractivity contribution in [1.29, 1.82) is 0 Å². The number of nitro benzene ring substituents is 1. The van der Waals surface area contributed by atoms with Crippen LogP contribution in [0.25, 0.3) is 0 Å². The van der Waals surface area contributed by atoms with Crippen LogP contribution >= 0.6 is 15.9 Å².